The van der Waals surface area contributed by atoms with E-state index in [4.69, 9.17) is 4.74 Å². The molecule has 178 valence electrons. The number of nitrogens with one attached hydrogen (secondary N) is 2. The van der Waals surface area contributed by atoms with Gasteiger partial charge in [-0.05, 0) is 48.4 Å². The number of methoxy groups -OCH3 is 1. The summed E-state index contributed by atoms with van der Waals surface area (Å²) in [6.07, 6.45) is 1.58. The van der Waals surface area contributed by atoms with Crippen molar-refractivity contribution in [3.8, 4) is 11.4 Å². The van der Waals surface area contributed by atoms with E-state index < -0.39 is 5.25 Å². The lowest BCUT2D eigenvalue weighted by molar-refractivity contribution is -0.116. The number of amides is 2. The summed E-state index contributed by atoms with van der Waals surface area (Å²) in [5.41, 5.74) is 3.84. The van der Waals surface area contributed by atoms with Gasteiger partial charge in [-0.2, -0.15) is 0 Å². The zero-order valence-electron chi connectivity index (χ0n) is 19.6. The lowest BCUT2D eigenvalue weighted by Gasteiger charge is -2.18. The Hall–Kier alpha value is -4.11. The first-order valence-electron chi connectivity index (χ1n) is 10.9. The molecule has 9 heteroatoms. The van der Waals surface area contributed by atoms with Crippen LogP contribution in [0.5, 0.6) is 5.75 Å². The Bertz CT molecular complexity index is 1340. The van der Waals surface area contributed by atoms with E-state index in [2.05, 4.69) is 20.8 Å². The average molecular weight is 488 g/mol. The number of thioether (sulfide) groups is 1. The van der Waals surface area contributed by atoms with E-state index in [0.29, 0.717) is 22.3 Å². The summed E-state index contributed by atoms with van der Waals surface area (Å²) in [6, 6.07) is 22.5. The van der Waals surface area contributed by atoms with Crippen LogP contribution in [-0.2, 0) is 9.59 Å². The number of carbonyl (C=O) groups excluding carboxylic acids is 2. The number of rotatable bonds is 8. The summed E-state index contributed by atoms with van der Waals surface area (Å²) in [6.45, 7) is 3.41. The monoisotopic (exact) mass is 487 g/mol. The van der Waals surface area contributed by atoms with Crippen LogP contribution in [0.3, 0.4) is 0 Å². The van der Waals surface area contributed by atoms with Crippen LogP contribution in [0.1, 0.15) is 23.3 Å². The first-order valence-corrected chi connectivity index (χ1v) is 11.8. The van der Waals surface area contributed by atoms with Gasteiger partial charge in [0.05, 0.1) is 18.5 Å². The molecule has 35 heavy (non-hydrogen) atoms. The number of nitrogens with zero attached hydrogens (tertiary/aromatic N) is 3. The van der Waals surface area contributed by atoms with E-state index in [0.717, 1.165) is 16.8 Å². The van der Waals surface area contributed by atoms with E-state index in [9.17, 15) is 9.59 Å². The van der Waals surface area contributed by atoms with Crippen molar-refractivity contribution in [2.75, 3.05) is 17.7 Å². The largest absolute Gasteiger partial charge is 0.495 e. The SMILES string of the molecule is COc1ccc(C)cc1NC(=O)C(Sc1nncn1-c1cccc(NC(C)=O)c1)c1ccccc1. The molecule has 0 aliphatic rings. The number of carbonyl (C=O) groups is 2. The lowest BCUT2D eigenvalue weighted by atomic mass is 10.1. The second-order valence-electron chi connectivity index (χ2n) is 7.82. The van der Waals surface area contributed by atoms with Crippen molar-refractivity contribution < 1.29 is 14.3 Å². The molecule has 0 saturated heterocycles. The molecule has 0 bridgehead atoms. The number of aryl methyl sites for hydroxylation is 1. The highest BCUT2D eigenvalue weighted by atomic mass is 32.2. The Labute approximate surface area is 207 Å². The standard InChI is InChI=1S/C26H25N5O3S/c1-17-12-13-23(34-3)22(14-17)29-25(33)24(19-8-5-4-6-9-19)35-26-30-27-16-31(26)21-11-7-10-20(15-21)28-18(2)32/h4-16,24H,1-3H3,(H,28,32)(H,29,33). The zero-order chi connectivity index (χ0) is 24.8. The highest BCUT2D eigenvalue weighted by molar-refractivity contribution is 8.00. The van der Waals surface area contributed by atoms with Crippen LogP contribution in [-0.4, -0.2) is 33.7 Å². The van der Waals surface area contributed by atoms with Crippen LogP contribution < -0.4 is 15.4 Å². The van der Waals surface area contributed by atoms with Crippen LogP contribution in [0.2, 0.25) is 0 Å². The van der Waals surface area contributed by atoms with Gasteiger partial charge in [0.25, 0.3) is 0 Å². The molecule has 8 nitrogen and oxygen atoms in total. The van der Waals surface area contributed by atoms with Crippen LogP contribution in [0, 0.1) is 6.92 Å². The molecular formula is C26H25N5O3S. The third kappa shape index (κ3) is 5.88. The number of benzene rings is 3. The van der Waals surface area contributed by atoms with E-state index in [1.54, 1.807) is 24.1 Å². The summed E-state index contributed by atoms with van der Waals surface area (Å²) in [7, 11) is 1.57. The van der Waals surface area contributed by atoms with E-state index in [-0.39, 0.29) is 11.8 Å². The van der Waals surface area contributed by atoms with Gasteiger partial charge in [-0.1, -0.05) is 54.2 Å². The minimum atomic E-state index is -0.608. The maximum atomic E-state index is 13.5. The minimum absolute atomic E-state index is 0.159. The highest BCUT2D eigenvalue weighted by Crippen LogP contribution is 2.37. The van der Waals surface area contributed by atoms with Gasteiger partial charge in [-0.25, -0.2) is 0 Å². The zero-order valence-corrected chi connectivity index (χ0v) is 20.4. The highest BCUT2D eigenvalue weighted by Gasteiger charge is 2.26. The molecule has 1 aromatic heterocycles. The Kier molecular flexibility index (Phi) is 7.47. The van der Waals surface area contributed by atoms with Crippen LogP contribution in [0.15, 0.2) is 84.3 Å². The van der Waals surface area contributed by atoms with Gasteiger partial charge in [-0.3, -0.25) is 14.2 Å². The summed E-state index contributed by atoms with van der Waals surface area (Å²) >= 11 is 1.28. The number of hydrogen-bond acceptors (Lipinski definition) is 6. The average Bonchev–Trinajstić information content (AvgIpc) is 3.31. The normalized spacial score (nSPS) is 11.5. The quantitative estimate of drug-likeness (QED) is 0.339. The lowest BCUT2D eigenvalue weighted by Crippen LogP contribution is -2.20. The molecule has 0 aliphatic carbocycles. The second-order valence-corrected chi connectivity index (χ2v) is 8.89. The number of hydrogen-bond donors (Lipinski definition) is 2. The molecule has 0 aliphatic heterocycles. The first-order chi connectivity index (χ1) is 16.9. The van der Waals surface area contributed by atoms with Crippen molar-refractivity contribution in [1.82, 2.24) is 14.8 Å². The minimum Gasteiger partial charge on any atom is -0.495 e. The summed E-state index contributed by atoms with van der Waals surface area (Å²) in [4.78, 5) is 25.0. The number of anilines is 2. The molecule has 1 unspecified atom stereocenters. The van der Waals surface area contributed by atoms with E-state index in [1.807, 2.05) is 73.7 Å². The summed E-state index contributed by atoms with van der Waals surface area (Å²) < 4.78 is 7.21. The maximum Gasteiger partial charge on any atom is 0.242 e. The summed E-state index contributed by atoms with van der Waals surface area (Å²) in [5.74, 6) is 0.207. The number of ether oxygens (including phenoxy) is 1. The predicted octanol–water partition coefficient (Wildman–Crippen LogP) is 5.01. The van der Waals surface area contributed by atoms with Crippen molar-refractivity contribution in [2.45, 2.75) is 24.3 Å². The molecule has 0 saturated carbocycles. The van der Waals surface area contributed by atoms with Crippen LogP contribution >= 0.6 is 11.8 Å². The van der Waals surface area contributed by atoms with Gasteiger partial charge in [0, 0.05) is 12.6 Å². The molecule has 1 atom stereocenters. The van der Waals surface area contributed by atoms with Crippen molar-refractivity contribution in [3.05, 3.63) is 90.3 Å². The fourth-order valence-electron chi connectivity index (χ4n) is 3.54. The molecular weight excluding hydrogens is 462 g/mol. The molecule has 3 aromatic carbocycles. The van der Waals surface area contributed by atoms with Gasteiger partial charge in [0.2, 0.25) is 11.8 Å². The third-order valence-corrected chi connectivity index (χ3v) is 6.35. The second kappa shape index (κ2) is 10.9. The molecule has 4 aromatic rings. The Morgan fingerprint density at radius 1 is 1.00 bits per heavy atom. The molecule has 0 spiro atoms. The first kappa shape index (κ1) is 24.0. The predicted molar refractivity (Wildman–Crippen MR) is 137 cm³/mol. The topological polar surface area (TPSA) is 98.1 Å². The fourth-order valence-corrected chi connectivity index (χ4v) is 4.57. The van der Waals surface area contributed by atoms with E-state index in [1.165, 1.54) is 18.7 Å². The molecule has 2 amide bonds. The molecule has 0 radical (unpaired) electrons. The third-order valence-electron chi connectivity index (χ3n) is 5.14. The van der Waals surface area contributed by atoms with Gasteiger partial charge in [0.15, 0.2) is 5.16 Å². The maximum absolute atomic E-state index is 13.5. The molecule has 0 fully saturated rings. The molecule has 2 N–H and O–H groups in total. The van der Waals surface area contributed by atoms with Gasteiger partial charge < -0.3 is 15.4 Å². The molecule has 4 rings (SSSR count). The molecule has 1 heterocycles. The summed E-state index contributed by atoms with van der Waals surface area (Å²) in [5, 5.41) is 14.1. The van der Waals surface area contributed by atoms with Gasteiger partial charge >= 0.3 is 0 Å². The Balaban J connectivity index is 1.66. The van der Waals surface area contributed by atoms with Gasteiger partial charge in [0.1, 0.15) is 17.3 Å². The Morgan fingerprint density at radius 3 is 2.54 bits per heavy atom. The van der Waals surface area contributed by atoms with Crippen molar-refractivity contribution >= 4 is 35.0 Å². The van der Waals surface area contributed by atoms with Crippen molar-refractivity contribution in [3.63, 3.8) is 0 Å². The smallest absolute Gasteiger partial charge is 0.242 e. The van der Waals surface area contributed by atoms with Gasteiger partial charge in [-0.15, -0.1) is 10.2 Å². The Morgan fingerprint density at radius 2 is 1.80 bits per heavy atom. The fraction of sp³-hybridized carbons (Fsp3) is 0.154. The van der Waals surface area contributed by atoms with Crippen LogP contribution in [0.25, 0.3) is 5.69 Å². The van der Waals surface area contributed by atoms with Crippen molar-refractivity contribution in [1.29, 1.82) is 0 Å². The van der Waals surface area contributed by atoms with Crippen LogP contribution in [0.4, 0.5) is 11.4 Å². The number of aromatic nitrogens is 3. The van der Waals surface area contributed by atoms with Crippen molar-refractivity contribution in [2.24, 2.45) is 0 Å². The van der Waals surface area contributed by atoms with E-state index >= 15 is 0 Å².